The van der Waals surface area contributed by atoms with Gasteiger partial charge >= 0.3 is 6.18 Å². The van der Waals surface area contributed by atoms with Gasteiger partial charge in [0.15, 0.2) is 0 Å². The Morgan fingerprint density at radius 1 is 1.20 bits per heavy atom. The first kappa shape index (κ1) is 15.8. The largest absolute Gasteiger partial charge is 0.391 e. The van der Waals surface area contributed by atoms with E-state index in [0.29, 0.717) is 31.6 Å². The average Bonchev–Trinajstić information content (AvgIpc) is 2.39. The second-order valence-corrected chi connectivity index (χ2v) is 6.06. The van der Waals surface area contributed by atoms with Gasteiger partial charge < -0.3 is 4.90 Å². The molecule has 1 nitrogen and oxygen atoms in total. The van der Waals surface area contributed by atoms with E-state index in [1.54, 1.807) is 12.1 Å². The highest BCUT2D eigenvalue weighted by atomic mass is 79.9. The van der Waals surface area contributed by atoms with E-state index in [-0.39, 0.29) is 18.7 Å². The zero-order valence-corrected chi connectivity index (χ0v) is 12.5. The molecule has 1 aromatic rings. The first-order valence-electron chi connectivity index (χ1n) is 6.59. The van der Waals surface area contributed by atoms with Crippen LogP contribution in [0.4, 0.5) is 17.6 Å². The molecule has 0 radical (unpaired) electrons. The number of benzene rings is 1. The summed E-state index contributed by atoms with van der Waals surface area (Å²) in [7, 11) is 0. The van der Waals surface area contributed by atoms with Gasteiger partial charge in [-0.1, -0.05) is 15.9 Å². The average molecular weight is 354 g/mol. The third-order valence-electron chi connectivity index (χ3n) is 3.76. The number of piperidine rings is 1. The van der Waals surface area contributed by atoms with Crippen LogP contribution in [0, 0.1) is 11.7 Å². The summed E-state index contributed by atoms with van der Waals surface area (Å²) in [5.74, 6) is -1.44. The van der Waals surface area contributed by atoms with Gasteiger partial charge in [-0.25, -0.2) is 4.39 Å². The summed E-state index contributed by atoms with van der Waals surface area (Å²) in [6, 6.07) is 4.75. The second-order valence-electron chi connectivity index (χ2n) is 5.14. The van der Waals surface area contributed by atoms with E-state index in [0.717, 1.165) is 4.47 Å². The van der Waals surface area contributed by atoms with Crippen LogP contribution in [0.25, 0.3) is 0 Å². The zero-order valence-electron chi connectivity index (χ0n) is 10.9. The summed E-state index contributed by atoms with van der Waals surface area (Å²) in [5, 5.41) is 0. The van der Waals surface area contributed by atoms with Crippen molar-refractivity contribution in [3.63, 3.8) is 0 Å². The molecule has 1 heterocycles. The van der Waals surface area contributed by atoms with Crippen LogP contribution in [-0.4, -0.2) is 30.7 Å². The van der Waals surface area contributed by atoms with Crippen LogP contribution in [0.3, 0.4) is 0 Å². The quantitative estimate of drug-likeness (QED) is 0.727. The van der Waals surface area contributed by atoms with Gasteiger partial charge in [0.05, 0.1) is 5.92 Å². The minimum absolute atomic E-state index is 0.143. The Balaban J connectivity index is 1.83. The molecule has 1 aliphatic rings. The van der Waals surface area contributed by atoms with Crippen molar-refractivity contribution < 1.29 is 17.6 Å². The van der Waals surface area contributed by atoms with Gasteiger partial charge in [0.1, 0.15) is 5.82 Å². The van der Waals surface area contributed by atoms with Crippen molar-refractivity contribution in [2.75, 3.05) is 19.6 Å². The van der Waals surface area contributed by atoms with Crippen molar-refractivity contribution in [1.82, 2.24) is 4.90 Å². The molecule has 0 N–H and O–H groups in total. The Bertz CT molecular complexity index is 453. The van der Waals surface area contributed by atoms with Crippen LogP contribution in [0.5, 0.6) is 0 Å². The molecular weight excluding hydrogens is 338 g/mol. The summed E-state index contributed by atoms with van der Waals surface area (Å²) >= 11 is 3.29. The number of halogens is 5. The number of hydrogen-bond acceptors (Lipinski definition) is 1. The fraction of sp³-hybridized carbons (Fsp3) is 0.571. The highest BCUT2D eigenvalue weighted by Gasteiger charge is 2.40. The molecule has 0 unspecified atom stereocenters. The highest BCUT2D eigenvalue weighted by Crippen LogP contribution is 2.34. The maximum absolute atomic E-state index is 13.6. The molecule has 0 amide bonds. The summed E-state index contributed by atoms with van der Waals surface area (Å²) in [6.45, 7) is 1.46. The van der Waals surface area contributed by atoms with E-state index in [9.17, 15) is 17.6 Å². The first-order valence-corrected chi connectivity index (χ1v) is 7.38. The molecule has 0 saturated carbocycles. The molecule has 20 heavy (non-hydrogen) atoms. The summed E-state index contributed by atoms with van der Waals surface area (Å²) in [4.78, 5) is 1.97. The molecular formula is C14H16BrF4N. The third kappa shape index (κ3) is 4.19. The monoisotopic (exact) mass is 353 g/mol. The SMILES string of the molecule is Fc1ccc(Br)cc1CCN1CCC(C(F)(F)F)CC1. The van der Waals surface area contributed by atoms with Crippen molar-refractivity contribution in [3.8, 4) is 0 Å². The highest BCUT2D eigenvalue weighted by molar-refractivity contribution is 9.10. The number of rotatable bonds is 3. The molecule has 1 saturated heterocycles. The third-order valence-corrected chi connectivity index (χ3v) is 4.25. The maximum Gasteiger partial charge on any atom is 0.391 e. The van der Waals surface area contributed by atoms with E-state index in [1.165, 1.54) is 6.07 Å². The summed E-state index contributed by atoms with van der Waals surface area (Å²) < 4.78 is 52.0. The van der Waals surface area contributed by atoms with Crippen LogP contribution in [0.1, 0.15) is 18.4 Å². The second kappa shape index (κ2) is 6.43. The van der Waals surface area contributed by atoms with E-state index in [1.807, 2.05) is 4.90 Å². The molecule has 6 heteroatoms. The minimum atomic E-state index is -4.08. The van der Waals surface area contributed by atoms with Crippen molar-refractivity contribution >= 4 is 15.9 Å². The summed E-state index contributed by atoms with van der Waals surface area (Å²) in [6.07, 6.45) is -3.28. The van der Waals surface area contributed by atoms with Gasteiger partial charge in [-0.05, 0) is 56.1 Å². The van der Waals surface area contributed by atoms with E-state index in [2.05, 4.69) is 15.9 Å². The Kier molecular flexibility index (Phi) is 5.07. The van der Waals surface area contributed by atoms with Crippen molar-refractivity contribution in [3.05, 3.63) is 34.1 Å². The lowest BCUT2D eigenvalue weighted by Gasteiger charge is -2.32. The zero-order chi connectivity index (χ0) is 14.8. The number of nitrogens with zero attached hydrogens (tertiary/aromatic N) is 1. The molecule has 0 atom stereocenters. The topological polar surface area (TPSA) is 3.24 Å². The van der Waals surface area contributed by atoms with Gasteiger partial charge in [-0.3, -0.25) is 0 Å². The van der Waals surface area contributed by atoms with Crippen LogP contribution in [0.2, 0.25) is 0 Å². The van der Waals surface area contributed by atoms with Gasteiger partial charge in [-0.2, -0.15) is 13.2 Å². The molecule has 0 spiro atoms. The summed E-state index contributed by atoms with van der Waals surface area (Å²) in [5.41, 5.74) is 0.595. The number of alkyl halides is 3. The molecule has 1 aromatic carbocycles. The van der Waals surface area contributed by atoms with Crippen LogP contribution in [-0.2, 0) is 6.42 Å². The lowest BCUT2D eigenvalue weighted by atomic mass is 9.96. The van der Waals surface area contributed by atoms with Gasteiger partial charge in [-0.15, -0.1) is 0 Å². The number of hydrogen-bond donors (Lipinski definition) is 0. The lowest BCUT2D eigenvalue weighted by Crippen LogP contribution is -2.39. The molecule has 112 valence electrons. The van der Waals surface area contributed by atoms with Crippen molar-refractivity contribution in [2.24, 2.45) is 5.92 Å². The van der Waals surface area contributed by atoms with Gasteiger partial charge in [0.25, 0.3) is 0 Å². The van der Waals surface area contributed by atoms with Crippen LogP contribution < -0.4 is 0 Å². The normalized spacial score (nSPS) is 18.4. The van der Waals surface area contributed by atoms with Crippen molar-refractivity contribution in [2.45, 2.75) is 25.4 Å². The maximum atomic E-state index is 13.6. The molecule has 0 aromatic heterocycles. The molecule has 2 rings (SSSR count). The Morgan fingerprint density at radius 3 is 2.45 bits per heavy atom. The molecule has 0 aliphatic carbocycles. The first-order chi connectivity index (χ1) is 9.36. The Morgan fingerprint density at radius 2 is 1.85 bits per heavy atom. The molecule has 1 fully saturated rings. The predicted molar refractivity (Wildman–Crippen MR) is 73.0 cm³/mol. The lowest BCUT2D eigenvalue weighted by molar-refractivity contribution is -0.185. The standard InChI is InChI=1S/C14H16BrF4N/c15-12-1-2-13(16)10(9-12)3-6-20-7-4-11(5-8-20)14(17,18)19/h1-2,9,11H,3-8H2. The molecule has 1 aliphatic heterocycles. The predicted octanol–water partition coefficient (Wildman–Crippen LogP) is 4.41. The Labute approximate surface area is 124 Å². The Hall–Kier alpha value is -0.620. The van der Waals surface area contributed by atoms with E-state index >= 15 is 0 Å². The van der Waals surface area contributed by atoms with Gasteiger partial charge in [0, 0.05) is 11.0 Å². The minimum Gasteiger partial charge on any atom is -0.303 e. The molecule has 0 bridgehead atoms. The van der Waals surface area contributed by atoms with Gasteiger partial charge in [0.2, 0.25) is 0 Å². The smallest absolute Gasteiger partial charge is 0.303 e. The fourth-order valence-corrected chi connectivity index (χ4v) is 2.91. The number of likely N-dealkylation sites (tertiary alicyclic amines) is 1. The van der Waals surface area contributed by atoms with E-state index < -0.39 is 12.1 Å². The van der Waals surface area contributed by atoms with Crippen LogP contribution >= 0.6 is 15.9 Å². The fourth-order valence-electron chi connectivity index (χ4n) is 2.50. The van der Waals surface area contributed by atoms with Crippen LogP contribution in [0.15, 0.2) is 22.7 Å². The van der Waals surface area contributed by atoms with Crippen molar-refractivity contribution in [1.29, 1.82) is 0 Å². The van der Waals surface area contributed by atoms with E-state index in [4.69, 9.17) is 0 Å².